The molecule has 0 heterocycles. The van der Waals surface area contributed by atoms with E-state index in [1.807, 2.05) is 0 Å². The van der Waals surface area contributed by atoms with Crippen LogP contribution in [0.3, 0.4) is 0 Å². The largest absolute Gasteiger partial charge is 0.743 e. The first-order chi connectivity index (χ1) is 15.3. The molecule has 0 radical (unpaired) electrons. The Balaban J connectivity index is 6.03. The Bertz CT molecular complexity index is 895. The van der Waals surface area contributed by atoms with Crippen molar-refractivity contribution in [2.24, 2.45) is 5.92 Å². The second kappa shape index (κ2) is 10.9. The summed E-state index contributed by atoms with van der Waals surface area (Å²) in [5.41, 5.74) is -2.54. The average molecular weight is 559 g/mol. The second-order valence-corrected chi connectivity index (χ2v) is 8.52. The minimum atomic E-state index is -6.93. The molecule has 0 saturated carbocycles. The molecule has 0 aromatic carbocycles. The highest BCUT2D eigenvalue weighted by Crippen LogP contribution is 2.42. The number of esters is 2. The summed E-state index contributed by atoms with van der Waals surface area (Å²) < 4.78 is 175. The van der Waals surface area contributed by atoms with Crippen LogP contribution in [0.25, 0.3) is 0 Å². The monoisotopic (exact) mass is 559 g/mol. The van der Waals surface area contributed by atoms with Crippen LogP contribution in [0.2, 0.25) is 0 Å². The standard InChI is InChI=1S/C16H18F10O8S/c1-8(2)7-32-11(28)13(15(22,23)24,34-10(27)9(3)14(19,20)21)33-6-4-5-12(17,18)16(25,26)35(29,30)31/h8H,3-7H2,1-2H3,(H,29,30,31)/p-1. The van der Waals surface area contributed by atoms with Gasteiger partial charge < -0.3 is 18.8 Å². The van der Waals surface area contributed by atoms with Gasteiger partial charge in [0.15, 0.2) is 10.1 Å². The maximum atomic E-state index is 13.7. The zero-order valence-corrected chi connectivity index (χ0v) is 18.4. The van der Waals surface area contributed by atoms with Crippen LogP contribution in [0.15, 0.2) is 12.2 Å². The molecular formula is C16H17F10O8S-. The summed E-state index contributed by atoms with van der Waals surface area (Å²) in [7, 11) is -6.93. The second-order valence-electron chi connectivity index (χ2n) is 7.10. The molecule has 0 saturated heterocycles. The molecule has 0 aromatic rings. The summed E-state index contributed by atoms with van der Waals surface area (Å²) in [6.07, 6.45) is -15.8. The molecule has 8 nitrogen and oxygen atoms in total. The number of carbonyl (C=O) groups excluding carboxylic acids is 2. The Morgan fingerprint density at radius 1 is 0.971 bits per heavy atom. The maximum Gasteiger partial charge on any atom is 0.468 e. The predicted octanol–water partition coefficient (Wildman–Crippen LogP) is 3.68. The van der Waals surface area contributed by atoms with Crippen molar-refractivity contribution in [1.29, 1.82) is 0 Å². The number of hydrogen-bond acceptors (Lipinski definition) is 8. The molecular weight excluding hydrogens is 542 g/mol. The minimum Gasteiger partial charge on any atom is -0.743 e. The van der Waals surface area contributed by atoms with E-state index in [0.717, 1.165) is 0 Å². The van der Waals surface area contributed by atoms with Crippen molar-refractivity contribution >= 4 is 22.1 Å². The van der Waals surface area contributed by atoms with E-state index in [2.05, 4.69) is 20.8 Å². The zero-order valence-electron chi connectivity index (χ0n) is 17.6. The van der Waals surface area contributed by atoms with Gasteiger partial charge in [0.1, 0.15) is 5.57 Å². The third-order valence-electron chi connectivity index (χ3n) is 3.69. The van der Waals surface area contributed by atoms with Crippen molar-refractivity contribution in [3.05, 3.63) is 12.2 Å². The molecule has 35 heavy (non-hydrogen) atoms. The van der Waals surface area contributed by atoms with Gasteiger partial charge in [-0.3, -0.25) is 0 Å². The topological polar surface area (TPSA) is 119 Å². The molecule has 0 amide bonds. The molecule has 0 aliphatic heterocycles. The van der Waals surface area contributed by atoms with Crippen molar-refractivity contribution < 1.29 is 80.7 Å². The van der Waals surface area contributed by atoms with E-state index in [4.69, 9.17) is 0 Å². The first kappa shape index (κ1) is 32.8. The van der Waals surface area contributed by atoms with Crippen molar-refractivity contribution in [3.63, 3.8) is 0 Å². The van der Waals surface area contributed by atoms with Gasteiger partial charge in [-0.1, -0.05) is 20.4 Å². The Morgan fingerprint density at radius 2 is 1.46 bits per heavy atom. The Morgan fingerprint density at radius 3 is 1.83 bits per heavy atom. The molecule has 1 atom stereocenters. The molecule has 0 aromatic heterocycles. The molecule has 0 aliphatic rings. The summed E-state index contributed by atoms with van der Waals surface area (Å²) in [4.78, 5) is 23.6. The highest BCUT2D eigenvalue weighted by atomic mass is 32.2. The molecule has 206 valence electrons. The number of alkyl halides is 10. The van der Waals surface area contributed by atoms with Crippen LogP contribution in [0.4, 0.5) is 43.9 Å². The molecule has 1 unspecified atom stereocenters. The molecule has 0 N–H and O–H groups in total. The van der Waals surface area contributed by atoms with Gasteiger partial charge in [0.05, 0.1) is 13.2 Å². The third kappa shape index (κ3) is 7.92. The Kier molecular flexibility index (Phi) is 10.2. The minimum absolute atomic E-state index is 0.680. The van der Waals surface area contributed by atoms with E-state index in [1.165, 1.54) is 13.8 Å². The van der Waals surface area contributed by atoms with Gasteiger partial charge in [-0.05, 0) is 12.3 Å². The molecule has 0 bridgehead atoms. The molecule has 0 aliphatic carbocycles. The quantitative estimate of drug-likeness (QED) is 0.0888. The van der Waals surface area contributed by atoms with E-state index < -0.39 is 88.9 Å². The van der Waals surface area contributed by atoms with E-state index in [1.54, 1.807) is 0 Å². The molecule has 19 heteroatoms. The van der Waals surface area contributed by atoms with Crippen LogP contribution in [0.1, 0.15) is 26.7 Å². The fourth-order valence-electron chi connectivity index (χ4n) is 1.87. The first-order valence-electron chi connectivity index (χ1n) is 8.92. The Hall–Kier alpha value is -2.15. The predicted molar refractivity (Wildman–Crippen MR) is 90.6 cm³/mol. The summed E-state index contributed by atoms with van der Waals surface area (Å²) >= 11 is 0. The van der Waals surface area contributed by atoms with Gasteiger partial charge in [0.25, 0.3) is 0 Å². The highest BCUT2D eigenvalue weighted by molar-refractivity contribution is 7.86. The summed E-state index contributed by atoms with van der Waals surface area (Å²) in [5.74, 6) is -16.8. The lowest BCUT2D eigenvalue weighted by molar-refractivity contribution is -0.356. The van der Waals surface area contributed by atoms with Gasteiger partial charge in [0.2, 0.25) is 0 Å². The number of hydrogen-bond donors (Lipinski definition) is 0. The summed E-state index contributed by atoms with van der Waals surface area (Å²) in [6, 6.07) is 0. The SMILES string of the molecule is C=C(C(=O)OC(OCCCC(F)(F)C(F)(F)S(=O)(=O)[O-])(C(=O)OCC(C)C)C(F)(F)F)C(F)(F)F. The maximum absolute atomic E-state index is 13.7. The smallest absolute Gasteiger partial charge is 0.468 e. The van der Waals surface area contributed by atoms with Crippen molar-refractivity contribution in [2.45, 2.75) is 56.0 Å². The molecule has 0 rings (SSSR count). The number of ether oxygens (including phenoxy) is 3. The average Bonchev–Trinajstić information content (AvgIpc) is 2.64. The van der Waals surface area contributed by atoms with Gasteiger partial charge in [0, 0.05) is 6.42 Å². The van der Waals surface area contributed by atoms with Crippen LogP contribution in [-0.4, -0.2) is 67.4 Å². The van der Waals surface area contributed by atoms with Gasteiger partial charge in [-0.15, -0.1) is 0 Å². The molecule has 0 spiro atoms. The van der Waals surface area contributed by atoms with E-state index in [0.29, 0.717) is 0 Å². The Labute approximate surface area is 190 Å². The van der Waals surface area contributed by atoms with E-state index >= 15 is 0 Å². The summed E-state index contributed by atoms with van der Waals surface area (Å²) in [5, 5.41) is -6.20. The summed E-state index contributed by atoms with van der Waals surface area (Å²) in [6.45, 7) is 2.07. The molecule has 0 fully saturated rings. The van der Waals surface area contributed by atoms with Gasteiger partial charge >= 0.3 is 41.3 Å². The van der Waals surface area contributed by atoms with Crippen molar-refractivity contribution in [1.82, 2.24) is 0 Å². The van der Waals surface area contributed by atoms with Crippen molar-refractivity contribution in [3.8, 4) is 0 Å². The van der Waals surface area contributed by atoms with Crippen molar-refractivity contribution in [2.75, 3.05) is 13.2 Å². The van der Waals surface area contributed by atoms with E-state index in [-0.39, 0.29) is 0 Å². The van der Waals surface area contributed by atoms with Crippen LogP contribution in [0, 0.1) is 5.92 Å². The number of carbonyl (C=O) groups is 2. The highest BCUT2D eigenvalue weighted by Gasteiger charge is 2.68. The lowest BCUT2D eigenvalue weighted by Crippen LogP contribution is -2.59. The van der Waals surface area contributed by atoms with Crippen LogP contribution in [0.5, 0.6) is 0 Å². The van der Waals surface area contributed by atoms with E-state index in [9.17, 15) is 66.5 Å². The fraction of sp³-hybridized carbons (Fsp3) is 0.750. The van der Waals surface area contributed by atoms with Crippen LogP contribution in [-0.2, 0) is 33.9 Å². The van der Waals surface area contributed by atoms with Crippen LogP contribution < -0.4 is 0 Å². The van der Waals surface area contributed by atoms with Gasteiger partial charge in [-0.25, -0.2) is 18.0 Å². The number of rotatable bonds is 12. The number of halogens is 10. The lowest BCUT2D eigenvalue weighted by atomic mass is 10.2. The third-order valence-corrected chi connectivity index (χ3v) is 4.62. The van der Waals surface area contributed by atoms with Crippen LogP contribution >= 0.6 is 0 Å². The first-order valence-corrected chi connectivity index (χ1v) is 10.3. The normalized spacial score (nSPS) is 15.5. The fourth-order valence-corrected chi connectivity index (χ4v) is 2.34. The zero-order chi connectivity index (χ0) is 28.3. The lowest BCUT2D eigenvalue weighted by Gasteiger charge is -2.33. The van der Waals surface area contributed by atoms with Gasteiger partial charge in [-0.2, -0.15) is 43.9 Å².